The minimum Gasteiger partial charge on any atom is -0.399 e. The molecular weight excluding hydrogens is 247 g/mol. The fourth-order valence-corrected chi connectivity index (χ4v) is 2.32. The minimum absolute atomic E-state index is 0.130. The maximum Gasteiger partial charge on any atom is 0.232 e. The molecule has 0 atom stereocenters. The Kier molecular flexibility index (Phi) is 4.71. The van der Waals surface area contributed by atoms with Crippen LogP contribution in [-0.2, 0) is 14.8 Å². The van der Waals surface area contributed by atoms with Gasteiger partial charge in [-0.3, -0.25) is 4.72 Å². The monoisotopic (exact) mass is 262 g/mol. The van der Waals surface area contributed by atoms with E-state index in [1.165, 1.54) is 19.2 Å². The van der Waals surface area contributed by atoms with E-state index >= 15 is 0 Å². The lowest BCUT2D eigenvalue weighted by molar-refractivity contribution is 0.199. The molecule has 96 valence electrons. The van der Waals surface area contributed by atoms with Gasteiger partial charge in [0.15, 0.2) is 0 Å². The number of anilines is 2. The number of nitrogens with one attached hydrogen (secondary N) is 1. The Labute approximate surface area is 99.8 Å². The smallest absolute Gasteiger partial charge is 0.232 e. The SMILES string of the molecule is COCCCS(=O)(=O)Nc1cc(N)ccc1F. The third-order valence-electron chi connectivity index (χ3n) is 2.02. The summed E-state index contributed by atoms with van der Waals surface area (Å²) >= 11 is 0. The number of nitrogen functional groups attached to an aromatic ring is 1. The molecule has 0 aliphatic heterocycles. The summed E-state index contributed by atoms with van der Waals surface area (Å²) in [5, 5.41) is 0. The van der Waals surface area contributed by atoms with Gasteiger partial charge in [0.1, 0.15) is 5.82 Å². The molecule has 1 aromatic rings. The number of rotatable bonds is 6. The number of hydrogen-bond acceptors (Lipinski definition) is 4. The number of hydrogen-bond donors (Lipinski definition) is 2. The molecule has 5 nitrogen and oxygen atoms in total. The highest BCUT2D eigenvalue weighted by Gasteiger charge is 2.13. The van der Waals surface area contributed by atoms with Crippen LogP contribution in [0.1, 0.15) is 6.42 Å². The number of ether oxygens (including phenoxy) is 1. The summed E-state index contributed by atoms with van der Waals surface area (Å²) in [6.45, 7) is 0.334. The summed E-state index contributed by atoms with van der Waals surface area (Å²) in [5.74, 6) is -0.788. The van der Waals surface area contributed by atoms with Crippen molar-refractivity contribution in [2.45, 2.75) is 6.42 Å². The van der Waals surface area contributed by atoms with Crippen LogP contribution in [0.5, 0.6) is 0 Å². The van der Waals surface area contributed by atoms with Gasteiger partial charge in [-0.15, -0.1) is 0 Å². The van der Waals surface area contributed by atoms with Crippen LogP contribution in [0, 0.1) is 5.82 Å². The predicted molar refractivity (Wildman–Crippen MR) is 64.7 cm³/mol. The van der Waals surface area contributed by atoms with Gasteiger partial charge < -0.3 is 10.5 Å². The van der Waals surface area contributed by atoms with E-state index in [1.54, 1.807) is 0 Å². The molecule has 0 fully saturated rings. The highest BCUT2D eigenvalue weighted by Crippen LogP contribution is 2.18. The van der Waals surface area contributed by atoms with Crippen molar-refractivity contribution in [3.05, 3.63) is 24.0 Å². The largest absolute Gasteiger partial charge is 0.399 e. The van der Waals surface area contributed by atoms with Gasteiger partial charge in [-0.1, -0.05) is 0 Å². The summed E-state index contributed by atoms with van der Waals surface area (Å²) in [4.78, 5) is 0. The quantitative estimate of drug-likeness (QED) is 0.596. The molecule has 3 N–H and O–H groups in total. The van der Waals surface area contributed by atoms with Gasteiger partial charge in [-0.05, 0) is 24.6 Å². The molecular formula is C10H15FN2O3S. The van der Waals surface area contributed by atoms with Crippen molar-refractivity contribution in [1.29, 1.82) is 0 Å². The summed E-state index contributed by atoms with van der Waals surface area (Å²) in [7, 11) is -2.09. The summed E-state index contributed by atoms with van der Waals surface area (Å²) in [6.07, 6.45) is 0.343. The Bertz CT molecular complexity index is 476. The summed E-state index contributed by atoms with van der Waals surface area (Å²) in [5.41, 5.74) is 5.60. The molecule has 0 spiro atoms. The van der Waals surface area contributed by atoms with Gasteiger partial charge in [0.25, 0.3) is 0 Å². The van der Waals surface area contributed by atoms with Crippen molar-refractivity contribution in [3.63, 3.8) is 0 Å². The van der Waals surface area contributed by atoms with E-state index in [1.807, 2.05) is 0 Å². The molecule has 1 rings (SSSR count). The second-order valence-electron chi connectivity index (χ2n) is 3.51. The lowest BCUT2D eigenvalue weighted by atomic mass is 10.3. The van der Waals surface area contributed by atoms with Crippen LogP contribution in [0.15, 0.2) is 18.2 Å². The normalized spacial score (nSPS) is 11.4. The highest BCUT2D eigenvalue weighted by molar-refractivity contribution is 7.92. The van der Waals surface area contributed by atoms with Crippen molar-refractivity contribution in [2.24, 2.45) is 0 Å². The van der Waals surface area contributed by atoms with E-state index in [0.717, 1.165) is 6.07 Å². The lowest BCUT2D eigenvalue weighted by Crippen LogP contribution is -2.18. The number of methoxy groups -OCH3 is 1. The Morgan fingerprint density at radius 3 is 2.82 bits per heavy atom. The molecule has 0 bridgehead atoms. The van der Waals surface area contributed by atoms with Crippen LogP contribution >= 0.6 is 0 Å². The molecule has 0 aliphatic rings. The second kappa shape index (κ2) is 5.83. The predicted octanol–water partition coefficient (Wildman–Crippen LogP) is 1.19. The average Bonchev–Trinajstić information content (AvgIpc) is 2.23. The van der Waals surface area contributed by atoms with Gasteiger partial charge in [-0.25, -0.2) is 12.8 Å². The zero-order valence-corrected chi connectivity index (χ0v) is 10.3. The van der Waals surface area contributed by atoms with E-state index in [4.69, 9.17) is 10.5 Å². The number of sulfonamides is 1. The number of halogens is 1. The van der Waals surface area contributed by atoms with Crippen LogP contribution in [0.25, 0.3) is 0 Å². The average molecular weight is 262 g/mol. The van der Waals surface area contributed by atoms with E-state index in [2.05, 4.69) is 4.72 Å². The van der Waals surface area contributed by atoms with Gasteiger partial charge in [-0.2, -0.15) is 0 Å². The maximum atomic E-state index is 13.3. The van der Waals surface area contributed by atoms with E-state index < -0.39 is 15.8 Å². The minimum atomic E-state index is -3.57. The van der Waals surface area contributed by atoms with Gasteiger partial charge in [0.2, 0.25) is 10.0 Å². The Balaban J connectivity index is 2.72. The first-order chi connectivity index (χ1) is 7.94. The Morgan fingerprint density at radius 1 is 1.47 bits per heavy atom. The van der Waals surface area contributed by atoms with Crippen molar-refractivity contribution in [3.8, 4) is 0 Å². The van der Waals surface area contributed by atoms with Crippen LogP contribution in [-0.4, -0.2) is 27.9 Å². The third kappa shape index (κ3) is 4.58. The summed E-state index contributed by atoms with van der Waals surface area (Å²) < 4.78 is 43.3. The third-order valence-corrected chi connectivity index (χ3v) is 3.37. The Hall–Kier alpha value is -1.34. The van der Waals surface area contributed by atoms with Crippen molar-refractivity contribution in [1.82, 2.24) is 0 Å². The van der Waals surface area contributed by atoms with E-state index in [0.29, 0.717) is 18.7 Å². The van der Waals surface area contributed by atoms with E-state index in [-0.39, 0.29) is 11.4 Å². The number of nitrogens with two attached hydrogens (primary N) is 1. The fourth-order valence-electron chi connectivity index (χ4n) is 1.23. The molecule has 0 amide bonds. The first-order valence-corrected chi connectivity index (χ1v) is 6.64. The first kappa shape index (κ1) is 13.7. The molecule has 0 saturated heterocycles. The molecule has 0 aliphatic carbocycles. The fraction of sp³-hybridized carbons (Fsp3) is 0.400. The van der Waals surface area contributed by atoms with Gasteiger partial charge in [0, 0.05) is 19.4 Å². The lowest BCUT2D eigenvalue weighted by Gasteiger charge is -2.09. The van der Waals surface area contributed by atoms with Crippen LogP contribution in [0.3, 0.4) is 0 Å². The van der Waals surface area contributed by atoms with Gasteiger partial charge >= 0.3 is 0 Å². The van der Waals surface area contributed by atoms with Crippen LogP contribution in [0.2, 0.25) is 0 Å². The van der Waals surface area contributed by atoms with Crippen LogP contribution in [0.4, 0.5) is 15.8 Å². The van der Waals surface area contributed by atoms with Crippen molar-refractivity contribution < 1.29 is 17.5 Å². The molecule has 1 aromatic carbocycles. The molecule has 0 unspecified atom stereocenters. The molecule has 0 aromatic heterocycles. The summed E-state index contributed by atoms with van der Waals surface area (Å²) in [6, 6.07) is 3.71. The van der Waals surface area contributed by atoms with Gasteiger partial charge in [0.05, 0.1) is 11.4 Å². The van der Waals surface area contributed by atoms with Crippen molar-refractivity contribution >= 4 is 21.4 Å². The molecule has 7 heteroatoms. The molecule has 17 heavy (non-hydrogen) atoms. The van der Waals surface area contributed by atoms with Crippen LogP contribution < -0.4 is 10.5 Å². The molecule has 0 heterocycles. The zero-order valence-electron chi connectivity index (χ0n) is 9.44. The standard InChI is InChI=1S/C10H15FN2O3S/c1-16-5-2-6-17(14,15)13-10-7-8(12)3-4-9(10)11/h3-4,7,13H,2,5-6,12H2,1H3. The first-order valence-electron chi connectivity index (χ1n) is 4.99. The van der Waals surface area contributed by atoms with Crippen molar-refractivity contribution in [2.75, 3.05) is 29.9 Å². The topological polar surface area (TPSA) is 81.4 Å². The number of benzene rings is 1. The highest BCUT2D eigenvalue weighted by atomic mass is 32.2. The zero-order chi connectivity index (χ0) is 12.9. The molecule has 0 saturated carbocycles. The maximum absolute atomic E-state index is 13.3. The molecule has 0 radical (unpaired) electrons. The van der Waals surface area contributed by atoms with E-state index in [9.17, 15) is 12.8 Å². The Morgan fingerprint density at radius 2 is 2.18 bits per heavy atom. The second-order valence-corrected chi connectivity index (χ2v) is 5.35.